The third kappa shape index (κ3) is 2.83. The Hall–Kier alpha value is -1.95. The Kier molecular flexibility index (Phi) is 3.77. The van der Waals surface area contributed by atoms with Crippen molar-refractivity contribution in [1.29, 1.82) is 0 Å². The molecule has 1 aromatic heterocycles. The van der Waals surface area contributed by atoms with Crippen LogP contribution in [0.15, 0.2) is 24.3 Å². The average Bonchev–Trinajstić information content (AvgIpc) is 3.20. The van der Waals surface area contributed by atoms with Gasteiger partial charge in [-0.25, -0.2) is 4.98 Å². The highest BCUT2D eigenvalue weighted by atomic mass is 32.1. The Morgan fingerprint density at radius 1 is 1.30 bits per heavy atom. The summed E-state index contributed by atoms with van der Waals surface area (Å²) in [6.45, 7) is 1.50. The van der Waals surface area contributed by atoms with Crippen LogP contribution in [0, 0.1) is 0 Å². The largest absolute Gasteiger partial charge is 0.344 e. The highest BCUT2D eigenvalue weighted by Crippen LogP contribution is 2.33. The van der Waals surface area contributed by atoms with Crippen LogP contribution >= 0.6 is 11.3 Å². The summed E-state index contributed by atoms with van der Waals surface area (Å²) in [5.41, 5.74) is 1.04. The number of piperidine rings is 1. The summed E-state index contributed by atoms with van der Waals surface area (Å²) < 4.78 is 1.20. The van der Waals surface area contributed by atoms with Gasteiger partial charge in [0.2, 0.25) is 11.8 Å². The molecule has 0 bridgehead atoms. The number of hydrogen-bond donors (Lipinski definition) is 1. The SMILES string of the molecule is O=C1CC[C@@H](C(=O)N2CCC[C@H](c3nc4ccccc4s3)C2)N1. The van der Waals surface area contributed by atoms with Gasteiger partial charge < -0.3 is 10.2 Å². The molecule has 3 heterocycles. The van der Waals surface area contributed by atoms with Gasteiger partial charge in [-0.05, 0) is 31.4 Å². The molecule has 2 amide bonds. The normalized spacial score (nSPS) is 24.9. The Morgan fingerprint density at radius 2 is 2.17 bits per heavy atom. The van der Waals surface area contributed by atoms with E-state index in [0.717, 1.165) is 29.9 Å². The van der Waals surface area contributed by atoms with Crippen LogP contribution in [0.5, 0.6) is 0 Å². The molecule has 6 heteroatoms. The zero-order chi connectivity index (χ0) is 15.8. The minimum absolute atomic E-state index is 0.0110. The zero-order valence-corrected chi connectivity index (χ0v) is 13.6. The van der Waals surface area contributed by atoms with Gasteiger partial charge in [0.05, 0.1) is 15.2 Å². The number of likely N-dealkylation sites (tertiary alicyclic amines) is 1. The molecule has 2 fully saturated rings. The number of nitrogens with one attached hydrogen (secondary N) is 1. The maximum Gasteiger partial charge on any atom is 0.245 e. The van der Waals surface area contributed by atoms with Gasteiger partial charge >= 0.3 is 0 Å². The maximum atomic E-state index is 12.6. The van der Waals surface area contributed by atoms with E-state index in [1.54, 1.807) is 11.3 Å². The molecule has 1 aromatic carbocycles. The van der Waals surface area contributed by atoms with Crippen molar-refractivity contribution in [3.8, 4) is 0 Å². The fourth-order valence-electron chi connectivity index (χ4n) is 3.46. The minimum Gasteiger partial charge on any atom is -0.344 e. The van der Waals surface area contributed by atoms with Crippen LogP contribution in [0.25, 0.3) is 10.2 Å². The van der Waals surface area contributed by atoms with E-state index in [0.29, 0.717) is 25.3 Å². The number of hydrogen-bond acceptors (Lipinski definition) is 4. The molecule has 23 heavy (non-hydrogen) atoms. The highest BCUT2D eigenvalue weighted by molar-refractivity contribution is 7.18. The van der Waals surface area contributed by atoms with E-state index < -0.39 is 0 Å². The Morgan fingerprint density at radius 3 is 2.96 bits per heavy atom. The first-order chi connectivity index (χ1) is 11.2. The van der Waals surface area contributed by atoms with Gasteiger partial charge in [-0.3, -0.25) is 9.59 Å². The van der Waals surface area contributed by atoms with Crippen molar-refractivity contribution in [3.05, 3.63) is 29.3 Å². The predicted molar refractivity (Wildman–Crippen MR) is 89.3 cm³/mol. The Bertz CT molecular complexity index is 724. The third-order valence-electron chi connectivity index (χ3n) is 4.69. The van der Waals surface area contributed by atoms with Crippen LogP contribution in [-0.2, 0) is 9.59 Å². The van der Waals surface area contributed by atoms with Gasteiger partial charge in [-0.1, -0.05) is 12.1 Å². The van der Waals surface area contributed by atoms with Gasteiger partial charge in [0.25, 0.3) is 0 Å². The number of nitrogens with zero attached hydrogens (tertiary/aromatic N) is 2. The summed E-state index contributed by atoms with van der Waals surface area (Å²) in [7, 11) is 0. The first-order valence-corrected chi connectivity index (χ1v) is 8.96. The summed E-state index contributed by atoms with van der Waals surface area (Å²) in [6.07, 6.45) is 3.15. The van der Waals surface area contributed by atoms with Crippen molar-refractivity contribution in [2.75, 3.05) is 13.1 Å². The lowest BCUT2D eigenvalue weighted by Gasteiger charge is -2.33. The second-order valence-electron chi connectivity index (χ2n) is 6.30. The zero-order valence-electron chi connectivity index (χ0n) is 12.8. The monoisotopic (exact) mass is 329 g/mol. The number of para-hydroxylation sites is 1. The van der Waals surface area contributed by atoms with Gasteiger partial charge in [-0.2, -0.15) is 0 Å². The summed E-state index contributed by atoms with van der Waals surface area (Å²) in [5, 5.41) is 3.91. The van der Waals surface area contributed by atoms with Gasteiger partial charge in [0.15, 0.2) is 0 Å². The van der Waals surface area contributed by atoms with Crippen LogP contribution < -0.4 is 5.32 Å². The Labute approximate surface area is 138 Å². The summed E-state index contributed by atoms with van der Waals surface area (Å²) in [5.74, 6) is 0.368. The van der Waals surface area contributed by atoms with Crippen LogP contribution in [0.4, 0.5) is 0 Å². The number of carbonyl (C=O) groups is 2. The highest BCUT2D eigenvalue weighted by Gasteiger charge is 2.34. The van der Waals surface area contributed by atoms with Crippen LogP contribution in [0.3, 0.4) is 0 Å². The summed E-state index contributed by atoms with van der Waals surface area (Å²) in [6, 6.07) is 7.84. The van der Waals surface area contributed by atoms with E-state index in [4.69, 9.17) is 4.98 Å². The molecular weight excluding hydrogens is 310 g/mol. The summed E-state index contributed by atoms with van der Waals surface area (Å²) >= 11 is 1.73. The standard InChI is InChI=1S/C17H19N3O2S/c21-15-8-7-13(18-15)17(22)20-9-3-4-11(10-20)16-19-12-5-1-2-6-14(12)23-16/h1-2,5-6,11,13H,3-4,7-10H2,(H,18,21)/t11-,13-/m0/s1. The van der Waals surface area contributed by atoms with Gasteiger partial charge in [0, 0.05) is 25.4 Å². The number of carbonyl (C=O) groups excluding carboxylic acids is 2. The van der Waals surface area contributed by atoms with E-state index in [-0.39, 0.29) is 17.9 Å². The van der Waals surface area contributed by atoms with Crippen molar-refractivity contribution in [3.63, 3.8) is 0 Å². The van der Waals surface area contributed by atoms with Crippen LogP contribution in [0.1, 0.15) is 36.6 Å². The lowest BCUT2D eigenvalue weighted by Crippen LogP contribution is -2.47. The van der Waals surface area contributed by atoms with E-state index in [1.165, 1.54) is 4.70 Å². The van der Waals surface area contributed by atoms with Gasteiger partial charge in [-0.15, -0.1) is 11.3 Å². The third-order valence-corrected chi connectivity index (χ3v) is 5.89. The minimum atomic E-state index is -0.323. The molecule has 0 saturated carbocycles. The van der Waals surface area contributed by atoms with Crippen molar-refractivity contribution in [2.45, 2.75) is 37.6 Å². The molecule has 120 valence electrons. The number of rotatable bonds is 2. The number of benzene rings is 1. The molecule has 0 radical (unpaired) electrons. The fourth-order valence-corrected chi connectivity index (χ4v) is 4.56. The topological polar surface area (TPSA) is 62.3 Å². The molecule has 0 spiro atoms. The van der Waals surface area contributed by atoms with Crippen LogP contribution in [-0.4, -0.2) is 40.8 Å². The second kappa shape index (κ2) is 5.92. The number of thiazole rings is 1. The molecule has 2 aliphatic heterocycles. The molecular formula is C17H19N3O2S. The molecule has 4 rings (SSSR count). The van der Waals surface area contributed by atoms with Crippen molar-refractivity contribution in [2.24, 2.45) is 0 Å². The first-order valence-electron chi connectivity index (χ1n) is 8.14. The first kappa shape index (κ1) is 14.6. The van der Waals surface area contributed by atoms with Gasteiger partial charge in [0.1, 0.15) is 6.04 Å². The molecule has 2 aromatic rings. The number of fused-ring (bicyclic) bond motifs is 1. The molecule has 2 saturated heterocycles. The molecule has 2 atom stereocenters. The number of aromatic nitrogens is 1. The lowest BCUT2D eigenvalue weighted by molar-refractivity contribution is -0.135. The van der Waals surface area contributed by atoms with E-state index in [2.05, 4.69) is 11.4 Å². The smallest absolute Gasteiger partial charge is 0.245 e. The molecule has 2 aliphatic rings. The Balaban J connectivity index is 1.50. The average molecular weight is 329 g/mol. The quantitative estimate of drug-likeness (QED) is 0.919. The molecule has 0 unspecified atom stereocenters. The molecule has 5 nitrogen and oxygen atoms in total. The lowest BCUT2D eigenvalue weighted by atomic mass is 9.98. The molecule has 0 aliphatic carbocycles. The molecule has 1 N–H and O–H groups in total. The van der Waals surface area contributed by atoms with E-state index in [9.17, 15) is 9.59 Å². The maximum absolute atomic E-state index is 12.6. The fraction of sp³-hybridized carbons (Fsp3) is 0.471. The van der Waals surface area contributed by atoms with Crippen LogP contribution in [0.2, 0.25) is 0 Å². The van der Waals surface area contributed by atoms with Crippen molar-refractivity contribution < 1.29 is 9.59 Å². The second-order valence-corrected chi connectivity index (χ2v) is 7.36. The predicted octanol–water partition coefficient (Wildman–Crippen LogP) is 2.28. The number of amides is 2. The summed E-state index contributed by atoms with van der Waals surface area (Å²) in [4.78, 5) is 30.6. The van der Waals surface area contributed by atoms with E-state index >= 15 is 0 Å². The van der Waals surface area contributed by atoms with E-state index in [1.807, 2.05) is 23.1 Å². The van der Waals surface area contributed by atoms with Crippen molar-refractivity contribution in [1.82, 2.24) is 15.2 Å². The van der Waals surface area contributed by atoms with Crippen molar-refractivity contribution >= 4 is 33.4 Å².